The number of benzene rings is 1. The summed E-state index contributed by atoms with van der Waals surface area (Å²) in [6, 6.07) is 10.1. The summed E-state index contributed by atoms with van der Waals surface area (Å²) in [4.78, 5) is 10.8. The molecular weight excluding hydrogens is 184 g/mol. The summed E-state index contributed by atoms with van der Waals surface area (Å²) >= 11 is 0. The molecule has 0 fully saturated rings. The van der Waals surface area contributed by atoms with Crippen LogP contribution in [0.15, 0.2) is 48.1 Å². The minimum atomic E-state index is 0.0856. The van der Waals surface area contributed by atoms with Gasteiger partial charge in [-0.15, -0.1) is 0 Å². The van der Waals surface area contributed by atoms with Gasteiger partial charge in [0.15, 0.2) is 5.78 Å². The Labute approximate surface area is 91.1 Å². The van der Waals surface area contributed by atoms with E-state index >= 15 is 0 Å². The van der Waals surface area contributed by atoms with Gasteiger partial charge in [-0.25, -0.2) is 0 Å². The summed E-state index contributed by atoms with van der Waals surface area (Å²) in [6.07, 6.45) is 6.52. The van der Waals surface area contributed by atoms with Crippen LogP contribution in [0.25, 0.3) is 6.08 Å². The Morgan fingerprint density at radius 2 is 1.87 bits per heavy atom. The molecule has 0 atom stereocenters. The molecule has 0 aliphatic carbocycles. The Morgan fingerprint density at radius 1 is 1.20 bits per heavy atom. The molecule has 0 N–H and O–H groups in total. The maximum Gasteiger partial charge on any atom is 0.152 e. The number of hydrogen-bond acceptors (Lipinski definition) is 1. The average Bonchev–Trinajstić information content (AvgIpc) is 2.25. The Hall–Kier alpha value is -1.63. The van der Waals surface area contributed by atoms with Gasteiger partial charge < -0.3 is 0 Å². The second kappa shape index (κ2) is 5.97. The molecule has 1 aromatic carbocycles. The fourth-order valence-electron chi connectivity index (χ4n) is 1.26. The number of rotatable bonds is 4. The first-order valence-electron chi connectivity index (χ1n) is 5.16. The molecule has 1 rings (SSSR count). The van der Waals surface area contributed by atoms with Crippen LogP contribution < -0.4 is 0 Å². The molecule has 0 bridgehead atoms. The Kier molecular flexibility index (Phi) is 4.55. The van der Waals surface area contributed by atoms with Crippen molar-refractivity contribution in [2.45, 2.75) is 20.3 Å². The van der Waals surface area contributed by atoms with Gasteiger partial charge in [-0.05, 0) is 30.6 Å². The Bertz CT molecular complexity index is 372. The SMILES string of the molecule is CCC(/C=C/C(C)=O)=C\c1ccccc1. The number of ketones is 1. The van der Waals surface area contributed by atoms with Gasteiger partial charge in [-0.1, -0.05) is 49.4 Å². The van der Waals surface area contributed by atoms with Gasteiger partial charge in [-0.3, -0.25) is 4.79 Å². The predicted octanol–water partition coefficient (Wildman–Crippen LogP) is 3.63. The molecule has 1 aromatic rings. The number of carbonyl (C=O) groups excluding carboxylic acids is 1. The van der Waals surface area contributed by atoms with E-state index in [0.29, 0.717) is 0 Å². The molecule has 1 heteroatoms. The lowest BCUT2D eigenvalue weighted by Gasteiger charge is -1.97. The van der Waals surface area contributed by atoms with E-state index in [1.807, 2.05) is 24.3 Å². The first-order valence-corrected chi connectivity index (χ1v) is 5.16. The molecule has 0 heterocycles. The number of allylic oxidation sites excluding steroid dienone is 3. The van der Waals surface area contributed by atoms with E-state index in [1.54, 1.807) is 13.0 Å². The van der Waals surface area contributed by atoms with E-state index in [1.165, 1.54) is 5.56 Å². The number of carbonyl (C=O) groups is 1. The van der Waals surface area contributed by atoms with Gasteiger partial charge in [-0.2, -0.15) is 0 Å². The maximum atomic E-state index is 10.8. The summed E-state index contributed by atoms with van der Waals surface area (Å²) in [5.41, 5.74) is 2.33. The van der Waals surface area contributed by atoms with Crippen LogP contribution in [0.1, 0.15) is 25.8 Å². The largest absolute Gasteiger partial charge is 0.295 e. The standard InChI is InChI=1S/C14H16O/c1-3-13(10-9-12(2)15)11-14-7-5-4-6-8-14/h4-11H,3H2,1-2H3/b10-9+,13-11+. The second-order valence-electron chi connectivity index (χ2n) is 3.43. The molecule has 0 spiro atoms. The van der Waals surface area contributed by atoms with Crippen LogP contribution in [0.2, 0.25) is 0 Å². The molecule has 1 nitrogen and oxygen atoms in total. The van der Waals surface area contributed by atoms with Crippen LogP contribution in [-0.2, 0) is 4.79 Å². The summed E-state index contributed by atoms with van der Waals surface area (Å²) in [5.74, 6) is 0.0856. The lowest BCUT2D eigenvalue weighted by molar-refractivity contribution is -0.112. The average molecular weight is 200 g/mol. The van der Waals surface area contributed by atoms with Crippen LogP contribution >= 0.6 is 0 Å². The first kappa shape index (κ1) is 11.4. The third-order valence-corrected chi connectivity index (χ3v) is 2.09. The second-order valence-corrected chi connectivity index (χ2v) is 3.43. The summed E-state index contributed by atoms with van der Waals surface area (Å²) in [6.45, 7) is 3.64. The van der Waals surface area contributed by atoms with Crippen molar-refractivity contribution >= 4 is 11.9 Å². The van der Waals surface area contributed by atoms with Crippen molar-refractivity contribution in [3.8, 4) is 0 Å². The van der Waals surface area contributed by atoms with Crippen LogP contribution in [0, 0.1) is 0 Å². The van der Waals surface area contributed by atoms with Gasteiger partial charge in [0, 0.05) is 0 Å². The minimum absolute atomic E-state index is 0.0856. The highest BCUT2D eigenvalue weighted by Gasteiger charge is 1.91. The lowest BCUT2D eigenvalue weighted by Crippen LogP contribution is -1.82. The molecule has 15 heavy (non-hydrogen) atoms. The zero-order chi connectivity index (χ0) is 11.1. The Morgan fingerprint density at radius 3 is 2.40 bits per heavy atom. The highest BCUT2D eigenvalue weighted by molar-refractivity contribution is 5.87. The Balaban J connectivity index is 2.83. The highest BCUT2D eigenvalue weighted by atomic mass is 16.1. The first-order chi connectivity index (χ1) is 7.22. The summed E-state index contributed by atoms with van der Waals surface area (Å²) in [7, 11) is 0. The van der Waals surface area contributed by atoms with Crippen molar-refractivity contribution in [3.63, 3.8) is 0 Å². The molecule has 0 aromatic heterocycles. The zero-order valence-electron chi connectivity index (χ0n) is 9.23. The van der Waals surface area contributed by atoms with Crippen LogP contribution in [0.3, 0.4) is 0 Å². The molecule has 78 valence electrons. The van der Waals surface area contributed by atoms with Crippen molar-refractivity contribution in [2.24, 2.45) is 0 Å². The van der Waals surface area contributed by atoms with E-state index < -0.39 is 0 Å². The van der Waals surface area contributed by atoms with Crippen LogP contribution in [-0.4, -0.2) is 5.78 Å². The normalized spacial score (nSPS) is 12.0. The van der Waals surface area contributed by atoms with Crippen molar-refractivity contribution in [2.75, 3.05) is 0 Å². The quantitative estimate of drug-likeness (QED) is 0.536. The van der Waals surface area contributed by atoms with E-state index in [0.717, 1.165) is 12.0 Å². The van der Waals surface area contributed by atoms with Crippen molar-refractivity contribution in [3.05, 3.63) is 53.6 Å². The molecule has 0 aliphatic heterocycles. The topological polar surface area (TPSA) is 17.1 Å². The van der Waals surface area contributed by atoms with Gasteiger partial charge >= 0.3 is 0 Å². The van der Waals surface area contributed by atoms with E-state index in [2.05, 4.69) is 25.1 Å². The van der Waals surface area contributed by atoms with Crippen molar-refractivity contribution in [1.29, 1.82) is 0 Å². The molecule has 0 saturated carbocycles. The van der Waals surface area contributed by atoms with Gasteiger partial charge in [0.1, 0.15) is 0 Å². The number of hydrogen-bond donors (Lipinski definition) is 0. The predicted molar refractivity (Wildman–Crippen MR) is 64.5 cm³/mol. The molecule has 0 unspecified atom stereocenters. The van der Waals surface area contributed by atoms with Gasteiger partial charge in [0.2, 0.25) is 0 Å². The summed E-state index contributed by atoms with van der Waals surface area (Å²) in [5, 5.41) is 0. The van der Waals surface area contributed by atoms with E-state index in [-0.39, 0.29) is 5.78 Å². The highest BCUT2D eigenvalue weighted by Crippen LogP contribution is 2.10. The third kappa shape index (κ3) is 4.41. The maximum absolute atomic E-state index is 10.8. The zero-order valence-corrected chi connectivity index (χ0v) is 9.23. The lowest BCUT2D eigenvalue weighted by atomic mass is 10.1. The molecular formula is C14H16O. The van der Waals surface area contributed by atoms with Crippen molar-refractivity contribution in [1.82, 2.24) is 0 Å². The van der Waals surface area contributed by atoms with Gasteiger partial charge in [0.25, 0.3) is 0 Å². The van der Waals surface area contributed by atoms with Crippen LogP contribution in [0.4, 0.5) is 0 Å². The fourth-order valence-corrected chi connectivity index (χ4v) is 1.26. The third-order valence-electron chi connectivity index (χ3n) is 2.09. The van der Waals surface area contributed by atoms with E-state index in [4.69, 9.17) is 0 Å². The molecule has 0 aliphatic rings. The van der Waals surface area contributed by atoms with E-state index in [9.17, 15) is 4.79 Å². The van der Waals surface area contributed by atoms with Crippen LogP contribution in [0.5, 0.6) is 0 Å². The fraction of sp³-hybridized carbons (Fsp3) is 0.214. The van der Waals surface area contributed by atoms with Gasteiger partial charge in [0.05, 0.1) is 0 Å². The smallest absolute Gasteiger partial charge is 0.152 e. The van der Waals surface area contributed by atoms with Crippen molar-refractivity contribution < 1.29 is 4.79 Å². The molecule has 0 radical (unpaired) electrons. The minimum Gasteiger partial charge on any atom is -0.295 e. The summed E-state index contributed by atoms with van der Waals surface area (Å²) < 4.78 is 0. The molecule has 0 amide bonds. The monoisotopic (exact) mass is 200 g/mol. The molecule has 0 saturated heterocycles.